The molecule has 1 N–H and O–H groups in total. The van der Waals surface area contributed by atoms with E-state index in [9.17, 15) is 14.9 Å². The smallest absolute Gasteiger partial charge is 0.358 e. The molecule has 9 nitrogen and oxygen atoms in total. The van der Waals surface area contributed by atoms with Crippen molar-refractivity contribution in [1.29, 1.82) is 0 Å². The minimum Gasteiger partial charge on any atom is -0.358 e. The number of carbonyl (C=O) groups excluding carboxylic acids is 1. The van der Waals surface area contributed by atoms with Crippen molar-refractivity contribution in [3.8, 4) is 0 Å². The van der Waals surface area contributed by atoms with Crippen LogP contribution in [0.15, 0.2) is 12.3 Å². The van der Waals surface area contributed by atoms with Gasteiger partial charge in [-0.05, 0) is 18.8 Å². The molecule has 0 aliphatic heterocycles. The van der Waals surface area contributed by atoms with Gasteiger partial charge in [-0.2, -0.15) is 9.78 Å². The van der Waals surface area contributed by atoms with Crippen LogP contribution in [-0.2, 0) is 18.4 Å². The predicted molar refractivity (Wildman–Crippen MR) is 74.8 cm³/mol. The summed E-state index contributed by atoms with van der Waals surface area (Å²) in [5.41, 5.74) is 2.16. The Bertz CT molecular complexity index is 687. The SMILES string of the molecule is Cc1c(NC(=O)CCn2nc([N+](=O)[O-])cc2C)cnn1C. The minimum atomic E-state index is -0.553. The summed E-state index contributed by atoms with van der Waals surface area (Å²) in [5, 5.41) is 21.2. The van der Waals surface area contributed by atoms with Crippen molar-refractivity contribution < 1.29 is 9.72 Å². The number of carbonyl (C=O) groups is 1. The normalized spacial score (nSPS) is 10.6. The Morgan fingerprint density at radius 2 is 2.19 bits per heavy atom. The zero-order valence-electron chi connectivity index (χ0n) is 12.0. The molecule has 112 valence electrons. The van der Waals surface area contributed by atoms with Crippen LogP contribution >= 0.6 is 0 Å². The van der Waals surface area contributed by atoms with Gasteiger partial charge in [0, 0.05) is 13.5 Å². The molecular weight excluding hydrogens is 276 g/mol. The maximum Gasteiger partial charge on any atom is 0.390 e. The molecule has 0 saturated heterocycles. The molecule has 0 atom stereocenters. The van der Waals surface area contributed by atoms with Crippen LogP contribution in [0.25, 0.3) is 0 Å². The molecule has 0 bridgehead atoms. The number of nitrogens with one attached hydrogen (secondary N) is 1. The van der Waals surface area contributed by atoms with Gasteiger partial charge in [-0.3, -0.25) is 9.48 Å². The summed E-state index contributed by atoms with van der Waals surface area (Å²) in [6.45, 7) is 3.84. The summed E-state index contributed by atoms with van der Waals surface area (Å²) < 4.78 is 3.12. The Balaban J connectivity index is 1.95. The quantitative estimate of drug-likeness (QED) is 0.657. The lowest BCUT2D eigenvalue weighted by molar-refractivity contribution is -0.389. The van der Waals surface area contributed by atoms with E-state index in [-0.39, 0.29) is 24.7 Å². The average Bonchev–Trinajstić information content (AvgIpc) is 2.94. The third-order valence-electron chi connectivity index (χ3n) is 3.22. The number of hydrogen-bond donors (Lipinski definition) is 1. The van der Waals surface area contributed by atoms with Crippen LogP contribution in [0.2, 0.25) is 0 Å². The van der Waals surface area contributed by atoms with Crippen molar-refractivity contribution in [3.05, 3.63) is 33.8 Å². The Kier molecular flexibility index (Phi) is 4.01. The van der Waals surface area contributed by atoms with Gasteiger partial charge in [0.25, 0.3) is 0 Å². The summed E-state index contributed by atoms with van der Waals surface area (Å²) in [5.74, 6) is -0.403. The number of nitro groups is 1. The highest BCUT2D eigenvalue weighted by Gasteiger charge is 2.16. The van der Waals surface area contributed by atoms with Crippen LogP contribution in [0.4, 0.5) is 11.5 Å². The molecule has 21 heavy (non-hydrogen) atoms. The van der Waals surface area contributed by atoms with Crippen molar-refractivity contribution >= 4 is 17.4 Å². The molecule has 9 heteroatoms. The molecular formula is C12H16N6O3. The first-order valence-electron chi connectivity index (χ1n) is 6.35. The predicted octanol–water partition coefficient (Wildman–Crippen LogP) is 1.17. The van der Waals surface area contributed by atoms with Gasteiger partial charge in [-0.15, -0.1) is 0 Å². The second-order valence-electron chi connectivity index (χ2n) is 4.69. The van der Waals surface area contributed by atoms with E-state index >= 15 is 0 Å². The van der Waals surface area contributed by atoms with E-state index < -0.39 is 4.92 Å². The Morgan fingerprint density at radius 3 is 2.71 bits per heavy atom. The highest BCUT2D eigenvalue weighted by molar-refractivity contribution is 5.91. The number of rotatable bonds is 5. The Hall–Kier alpha value is -2.71. The second kappa shape index (κ2) is 5.73. The van der Waals surface area contributed by atoms with Crippen molar-refractivity contribution in [1.82, 2.24) is 19.6 Å². The molecule has 0 spiro atoms. The third-order valence-corrected chi connectivity index (χ3v) is 3.22. The maximum atomic E-state index is 11.9. The van der Waals surface area contributed by atoms with E-state index in [1.54, 1.807) is 24.9 Å². The lowest BCUT2D eigenvalue weighted by Gasteiger charge is -2.04. The third kappa shape index (κ3) is 3.25. The lowest BCUT2D eigenvalue weighted by Crippen LogP contribution is -2.16. The molecule has 0 fully saturated rings. The summed E-state index contributed by atoms with van der Waals surface area (Å²) in [6.07, 6.45) is 1.76. The highest BCUT2D eigenvalue weighted by Crippen LogP contribution is 2.14. The van der Waals surface area contributed by atoms with E-state index in [1.807, 2.05) is 6.92 Å². The Morgan fingerprint density at radius 1 is 1.48 bits per heavy atom. The van der Waals surface area contributed by atoms with E-state index in [1.165, 1.54) is 10.7 Å². The van der Waals surface area contributed by atoms with Gasteiger partial charge in [0.2, 0.25) is 5.91 Å². The largest absolute Gasteiger partial charge is 0.390 e. The summed E-state index contributed by atoms with van der Waals surface area (Å²) in [6, 6.07) is 1.38. The lowest BCUT2D eigenvalue weighted by atomic mass is 10.3. The number of hydrogen-bond acceptors (Lipinski definition) is 5. The van der Waals surface area contributed by atoms with Crippen LogP contribution < -0.4 is 5.32 Å². The Labute approximate surface area is 120 Å². The first-order chi connectivity index (χ1) is 9.88. The van der Waals surface area contributed by atoms with Gasteiger partial charge in [0.15, 0.2) is 0 Å². The minimum absolute atomic E-state index is 0.175. The van der Waals surface area contributed by atoms with Gasteiger partial charge in [0.1, 0.15) is 0 Å². The van der Waals surface area contributed by atoms with Crippen LogP contribution in [0.5, 0.6) is 0 Å². The topological polar surface area (TPSA) is 108 Å². The standard InChI is InChI=1S/C12H16N6O3/c1-8-6-11(18(20)21)15-17(8)5-4-12(19)14-10-7-13-16(3)9(10)2/h6-7H,4-5H2,1-3H3,(H,14,19). The second-order valence-corrected chi connectivity index (χ2v) is 4.69. The van der Waals surface area contributed by atoms with Crippen molar-refractivity contribution in [2.24, 2.45) is 7.05 Å². The summed E-state index contributed by atoms with van der Waals surface area (Å²) in [7, 11) is 1.79. The summed E-state index contributed by atoms with van der Waals surface area (Å²) >= 11 is 0. The number of aryl methyl sites for hydroxylation is 3. The molecule has 0 unspecified atom stereocenters. The van der Waals surface area contributed by atoms with E-state index in [4.69, 9.17) is 0 Å². The summed E-state index contributed by atoms with van der Waals surface area (Å²) in [4.78, 5) is 21.9. The molecule has 0 aliphatic carbocycles. The molecule has 0 radical (unpaired) electrons. The molecule has 2 aromatic rings. The fraction of sp³-hybridized carbons (Fsp3) is 0.417. The monoisotopic (exact) mass is 292 g/mol. The first-order valence-corrected chi connectivity index (χ1v) is 6.35. The molecule has 1 amide bonds. The zero-order chi connectivity index (χ0) is 15.6. The van der Waals surface area contributed by atoms with Crippen molar-refractivity contribution in [2.75, 3.05) is 5.32 Å². The number of anilines is 1. The van der Waals surface area contributed by atoms with Crippen molar-refractivity contribution in [2.45, 2.75) is 26.8 Å². The van der Waals surface area contributed by atoms with Gasteiger partial charge in [-0.25, -0.2) is 0 Å². The highest BCUT2D eigenvalue weighted by atomic mass is 16.6. The number of aromatic nitrogens is 4. The molecule has 2 aromatic heterocycles. The molecule has 2 rings (SSSR count). The van der Waals surface area contributed by atoms with Gasteiger partial charge < -0.3 is 15.4 Å². The first kappa shape index (κ1) is 14.7. The fourth-order valence-electron chi connectivity index (χ4n) is 1.85. The van der Waals surface area contributed by atoms with E-state index in [0.29, 0.717) is 11.4 Å². The zero-order valence-corrected chi connectivity index (χ0v) is 12.0. The van der Waals surface area contributed by atoms with Crippen LogP contribution in [0.1, 0.15) is 17.8 Å². The molecule has 0 aromatic carbocycles. The number of amides is 1. The maximum absolute atomic E-state index is 11.9. The molecule has 2 heterocycles. The number of nitrogens with zero attached hydrogens (tertiary/aromatic N) is 5. The molecule has 0 aliphatic rings. The average molecular weight is 292 g/mol. The van der Waals surface area contributed by atoms with Gasteiger partial charge in [-0.1, -0.05) is 0 Å². The molecule has 0 saturated carbocycles. The van der Waals surface area contributed by atoms with Crippen molar-refractivity contribution in [3.63, 3.8) is 0 Å². The fourth-order valence-corrected chi connectivity index (χ4v) is 1.85. The van der Waals surface area contributed by atoms with Crippen LogP contribution in [0.3, 0.4) is 0 Å². The van der Waals surface area contributed by atoms with E-state index in [0.717, 1.165) is 5.69 Å². The van der Waals surface area contributed by atoms with Gasteiger partial charge >= 0.3 is 5.82 Å². The van der Waals surface area contributed by atoms with Crippen LogP contribution in [0, 0.1) is 24.0 Å². The van der Waals surface area contributed by atoms with Crippen LogP contribution in [-0.4, -0.2) is 30.4 Å². The van der Waals surface area contributed by atoms with Gasteiger partial charge in [0.05, 0.1) is 41.0 Å². The van der Waals surface area contributed by atoms with E-state index in [2.05, 4.69) is 15.5 Å².